The number of carbonyl (C=O) groups is 1. The third-order valence-corrected chi connectivity index (χ3v) is 1.74. The molecule has 1 unspecified atom stereocenters. The summed E-state index contributed by atoms with van der Waals surface area (Å²) in [6.07, 6.45) is -0.914. The standard InChI is InChI=1S/C8H18N2O3/c1-5(2)7(9)8(13)10-3-6(12)4-11/h5-7,11-12H,3-4,9H2,1-2H3,(H,10,13)/t6?,7-/m1/s1. The number of hydrogen-bond donors (Lipinski definition) is 4. The van der Waals surface area contributed by atoms with Crippen molar-refractivity contribution >= 4 is 5.91 Å². The fourth-order valence-corrected chi connectivity index (χ4v) is 0.704. The van der Waals surface area contributed by atoms with Gasteiger partial charge in [-0.2, -0.15) is 0 Å². The Labute approximate surface area is 77.9 Å². The molecule has 0 bridgehead atoms. The van der Waals surface area contributed by atoms with Gasteiger partial charge in [-0.05, 0) is 5.92 Å². The number of aliphatic hydroxyl groups excluding tert-OH is 2. The van der Waals surface area contributed by atoms with Crippen molar-refractivity contribution in [1.29, 1.82) is 0 Å². The molecule has 0 aliphatic carbocycles. The van der Waals surface area contributed by atoms with E-state index in [2.05, 4.69) is 5.32 Å². The zero-order chi connectivity index (χ0) is 10.4. The van der Waals surface area contributed by atoms with E-state index in [1.807, 2.05) is 13.8 Å². The summed E-state index contributed by atoms with van der Waals surface area (Å²) < 4.78 is 0. The minimum absolute atomic E-state index is 0.0375. The molecule has 0 rings (SSSR count). The summed E-state index contributed by atoms with van der Waals surface area (Å²) in [4.78, 5) is 11.2. The second-order valence-corrected chi connectivity index (χ2v) is 3.35. The number of rotatable bonds is 5. The first-order valence-electron chi connectivity index (χ1n) is 4.31. The Kier molecular flexibility index (Phi) is 5.61. The third kappa shape index (κ3) is 4.82. The van der Waals surface area contributed by atoms with Gasteiger partial charge < -0.3 is 21.3 Å². The van der Waals surface area contributed by atoms with Gasteiger partial charge in [-0.25, -0.2) is 0 Å². The van der Waals surface area contributed by atoms with E-state index in [1.54, 1.807) is 0 Å². The van der Waals surface area contributed by atoms with Crippen LogP contribution in [0.2, 0.25) is 0 Å². The maximum atomic E-state index is 11.2. The normalized spacial score (nSPS) is 15.5. The number of nitrogens with one attached hydrogen (secondary N) is 1. The lowest BCUT2D eigenvalue weighted by molar-refractivity contribution is -0.123. The molecule has 0 aliphatic heterocycles. The van der Waals surface area contributed by atoms with Crippen LogP contribution in [-0.4, -0.2) is 41.4 Å². The third-order valence-electron chi connectivity index (χ3n) is 1.74. The molecule has 5 nitrogen and oxygen atoms in total. The zero-order valence-electron chi connectivity index (χ0n) is 8.03. The molecule has 0 aromatic heterocycles. The molecule has 0 aromatic rings. The molecule has 1 amide bonds. The average Bonchev–Trinajstić information content (AvgIpc) is 2.11. The molecular weight excluding hydrogens is 172 g/mol. The molecule has 2 atom stereocenters. The van der Waals surface area contributed by atoms with E-state index in [0.29, 0.717) is 0 Å². The van der Waals surface area contributed by atoms with E-state index >= 15 is 0 Å². The summed E-state index contributed by atoms with van der Waals surface area (Å²) in [5.41, 5.74) is 5.53. The first kappa shape index (κ1) is 12.3. The first-order chi connectivity index (χ1) is 5.99. The summed E-state index contributed by atoms with van der Waals surface area (Å²) in [5.74, 6) is -0.242. The Bertz CT molecular complexity index is 161. The number of nitrogens with two attached hydrogens (primary N) is 1. The topological polar surface area (TPSA) is 95.6 Å². The maximum absolute atomic E-state index is 11.2. The van der Waals surface area contributed by atoms with Crippen LogP contribution < -0.4 is 11.1 Å². The lowest BCUT2D eigenvalue weighted by Crippen LogP contribution is -2.46. The van der Waals surface area contributed by atoms with Gasteiger partial charge in [-0.15, -0.1) is 0 Å². The molecule has 0 aromatic carbocycles. The smallest absolute Gasteiger partial charge is 0.237 e. The Morgan fingerprint density at radius 2 is 2.08 bits per heavy atom. The first-order valence-corrected chi connectivity index (χ1v) is 4.31. The summed E-state index contributed by atoms with van der Waals surface area (Å²) in [6, 6.07) is -0.564. The van der Waals surface area contributed by atoms with E-state index < -0.39 is 12.1 Å². The number of amides is 1. The Morgan fingerprint density at radius 3 is 2.46 bits per heavy atom. The van der Waals surface area contributed by atoms with E-state index in [9.17, 15) is 4.79 Å². The van der Waals surface area contributed by atoms with Crippen LogP contribution in [0.3, 0.4) is 0 Å². The van der Waals surface area contributed by atoms with Gasteiger partial charge in [0.15, 0.2) is 0 Å². The van der Waals surface area contributed by atoms with Crippen molar-refractivity contribution in [2.45, 2.75) is 26.0 Å². The van der Waals surface area contributed by atoms with Gasteiger partial charge in [-0.3, -0.25) is 4.79 Å². The largest absolute Gasteiger partial charge is 0.394 e. The molecule has 0 saturated heterocycles. The van der Waals surface area contributed by atoms with Gasteiger partial charge in [-0.1, -0.05) is 13.8 Å². The van der Waals surface area contributed by atoms with Gasteiger partial charge in [0.25, 0.3) is 0 Å². The SMILES string of the molecule is CC(C)[C@@H](N)C(=O)NCC(O)CO. The second-order valence-electron chi connectivity index (χ2n) is 3.35. The van der Waals surface area contributed by atoms with Crippen molar-refractivity contribution in [1.82, 2.24) is 5.32 Å². The highest BCUT2D eigenvalue weighted by Gasteiger charge is 2.17. The molecular formula is C8H18N2O3. The van der Waals surface area contributed by atoms with Crippen LogP contribution in [0.1, 0.15) is 13.8 Å². The van der Waals surface area contributed by atoms with E-state index in [-0.39, 0.29) is 25.0 Å². The van der Waals surface area contributed by atoms with Gasteiger partial charge >= 0.3 is 0 Å². The molecule has 13 heavy (non-hydrogen) atoms. The van der Waals surface area contributed by atoms with Crippen molar-refractivity contribution in [3.05, 3.63) is 0 Å². The van der Waals surface area contributed by atoms with Crippen LogP contribution in [0, 0.1) is 5.92 Å². The van der Waals surface area contributed by atoms with Gasteiger partial charge in [0.05, 0.1) is 18.8 Å². The van der Waals surface area contributed by atoms with Gasteiger partial charge in [0.1, 0.15) is 0 Å². The lowest BCUT2D eigenvalue weighted by Gasteiger charge is -2.16. The molecule has 0 heterocycles. The molecule has 0 saturated carbocycles. The van der Waals surface area contributed by atoms with Crippen molar-refractivity contribution in [3.63, 3.8) is 0 Å². The minimum Gasteiger partial charge on any atom is -0.394 e. The molecule has 0 aliphatic rings. The van der Waals surface area contributed by atoms with Gasteiger partial charge in [0, 0.05) is 6.54 Å². The minimum atomic E-state index is -0.914. The highest BCUT2D eigenvalue weighted by Crippen LogP contribution is 1.97. The number of aliphatic hydroxyl groups is 2. The van der Waals surface area contributed by atoms with Crippen molar-refractivity contribution in [3.8, 4) is 0 Å². The average molecular weight is 190 g/mol. The van der Waals surface area contributed by atoms with Crippen LogP contribution in [0.5, 0.6) is 0 Å². The maximum Gasteiger partial charge on any atom is 0.237 e. The highest BCUT2D eigenvalue weighted by molar-refractivity contribution is 5.81. The molecule has 78 valence electrons. The van der Waals surface area contributed by atoms with Crippen molar-refractivity contribution in [2.24, 2.45) is 11.7 Å². The van der Waals surface area contributed by atoms with E-state index in [4.69, 9.17) is 15.9 Å². The van der Waals surface area contributed by atoms with Crippen molar-refractivity contribution < 1.29 is 15.0 Å². The van der Waals surface area contributed by atoms with Crippen LogP contribution in [0.15, 0.2) is 0 Å². The van der Waals surface area contributed by atoms with Crippen LogP contribution >= 0.6 is 0 Å². The number of hydrogen-bond acceptors (Lipinski definition) is 4. The quantitative estimate of drug-likeness (QED) is 0.421. The molecule has 0 fully saturated rings. The predicted octanol–water partition coefficient (Wildman–Crippen LogP) is -1.56. The summed E-state index contributed by atoms with van der Waals surface area (Å²) in [7, 11) is 0. The molecule has 5 N–H and O–H groups in total. The van der Waals surface area contributed by atoms with Crippen molar-refractivity contribution in [2.75, 3.05) is 13.2 Å². The fraction of sp³-hybridized carbons (Fsp3) is 0.875. The van der Waals surface area contributed by atoms with Crippen LogP contribution in [-0.2, 0) is 4.79 Å². The molecule has 0 radical (unpaired) electrons. The number of carbonyl (C=O) groups excluding carboxylic acids is 1. The Balaban J connectivity index is 3.74. The predicted molar refractivity (Wildman–Crippen MR) is 48.9 cm³/mol. The second kappa shape index (κ2) is 5.90. The lowest BCUT2D eigenvalue weighted by atomic mass is 10.1. The molecule has 5 heteroatoms. The Morgan fingerprint density at radius 1 is 1.54 bits per heavy atom. The zero-order valence-corrected chi connectivity index (χ0v) is 8.03. The summed E-state index contributed by atoms with van der Waals surface area (Å²) >= 11 is 0. The monoisotopic (exact) mass is 190 g/mol. The van der Waals surface area contributed by atoms with Crippen LogP contribution in [0.4, 0.5) is 0 Å². The summed E-state index contributed by atoms with van der Waals surface area (Å²) in [5, 5.41) is 19.8. The van der Waals surface area contributed by atoms with E-state index in [1.165, 1.54) is 0 Å². The molecule has 0 spiro atoms. The Hall–Kier alpha value is -0.650. The fourth-order valence-electron chi connectivity index (χ4n) is 0.704. The van der Waals surface area contributed by atoms with Gasteiger partial charge in [0.2, 0.25) is 5.91 Å². The van der Waals surface area contributed by atoms with Crippen LogP contribution in [0.25, 0.3) is 0 Å². The van der Waals surface area contributed by atoms with E-state index in [0.717, 1.165) is 0 Å². The highest BCUT2D eigenvalue weighted by atomic mass is 16.3. The summed E-state index contributed by atoms with van der Waals surface area (Å²) in [6.45, 7) is 3.35.